The van der Waals surface area contributed by atoms with Crippen molar-refractivity contribution >= 4 is 23.2 Å². The number of aromatic nitrogens is 3. The van der Waals surface area contributed by atoms with Crippen LogP contribution in [0.4, 0.5) is 4.39 Å². The molecule has 0 unspecified atom stereocenters. The van der Waals surface area contributed by atoms with Crippen LogP contribution in [0.2, 0.25) is 5.02 Å². The highest BCUT2D eigenvalue weighted by Gasteiger charge is 2.30. The summed E-state index contributed by atoms with van der Waals surface area (Å²) in [6.45, 7) is 0. The van der Waals surface area contributed by atoms with Crippen LogP contribution < -0.4 is 0 Å². The zero-order valence-electron chi connectivity index (χ0n) is 9.41. The van der Waals surface area contributed by atoms with E-state index in [2.05, 4.69) is 10.2 Å². The molecule has 3 nitrogen and oxygen atoms in total. The number of benzene rings is 1. The van der Waals surface area contributed by atoms with E-state index in [-0.39, 0.29) is 10.9 Å². The highest BCUT2D eigenvalue weighted by atomic mass is 35.5. The van der Waals surface area contributed by atoms with Gasteiger partial charge in [-0.2, -0.15) is 0 Å². The second-order valence-electron chi connectivity index (χ2n) is 4.28. The molecule has 1 aromatic heterocycles. The maximum Gasteiger partial charge on any atom is 0.167 e. The molecule has 1 saturated carbocycles. The topological polar surface area (TPSA) is 30.7 Å². The van der Waals surface area contributed by atoms with Crippen molar-refractivity contribution in [1.82, 2.24) is 14.8 Å². The summed E-state index contributed by atoms with van der Waals surface area (Å²) in [5, 5.41) is 8.15. The summed E-state index contributed by atoms with van der Waals surface area (Å²) in [6, 6.07) is 5.21. The lowest BCUT2D eigenvalue weighted by Crippen LogP contribution is -2.03. The Bertz CT molecular complexity index is 593. The Hall–Kier alpha value is -1.13. The maximum absolute atomic E-state index is 14.0. The SMILES string of the molecule is Fc1c(Cl)cccc1-c1nnc(CCl)n1C1CC1. The molecule has 1 aromatic carbocycles. The molecule has 0 bridgehead atoms. The van der Waals surface area contributed by atoms with Crippen molar-refractivity contribution in [2.75, 3.05) is 0 Å². The Labute approximate surface area is 114 Å². The molecule has 0 saturated heterocycles. The van der Waals surface area contributed by atoms with Crippen LogP contribution in [0.5, 0.6) is 0 Å². The van der Waals surface area contributed by atoms with Crippen LogP contribution in [0.1, 0.15) is 24.7 Å². The molecule has 0 amide bonds. The molecule has 94 valence electrons. The van der Waals surface area contributed by atoms with Gasteiger partial charge in [-0.05, 0) is 25.0 Å². The van der Waals surface area contributed by atoms with Crippen molar-refractivity contribution in [3.05, 3.63) is 34.9 Å². The third-order valence-corrected chi connectivity index (χ3v) is 3.52. The average Bonchev–Trinajstić information content (AvgIpc) is 3.12. The normalized spacial score (nSPS) is 15.1. The van der Waals surface area contributed by atoms with E-state index in [0.717, 1.165) is 12.8 Å². The zero-order chi connectivity index (χ0) is 12.7. The first kappa shape index (κ1) is 11.9. The number of alkyl halides is 1. The number of halogens is 3. The lowest BCUT2D eigenvalue weighted by Gasteiger charge is -2.08. The summed E-state index contributed by atoms with van der Waals surface area (Å²) in [7, 11) is 0. The van der Waals surface area contributed by atoms with E-state index in [1.165, 1.54) is 6.07 Å². The molecule has 1 aliphatic rings. The van der Waals surface area contributed by atoms with Gasteiger partial charge in [0, 0.05) is 6.04 Å². The lowest BCUT2D eigenvalue weighted by atomic mass is 10.2. The van der Waals surface area contributed by atoms with Gasteiger partial charge in [-0.15, -0.1) is 21.8 Å². The molecule has 0 aliphatic heterocycles. The monoisotopic (exact) mass is 285 g/mol. The van der Waals surface area contributed by atoms with Crippen molar-refractivity contribution in [3.8, 4) is 11.4 Å². The average molecular weight is 286 g/mol. The summed E-state index contributed by atoms with van der Waals surface area (Å²) in [6.07, 6.45) is 2.11. The second kappa shape index (κ2) is 4.52. The summed E-state index contributed by atoms with van der Waals surface area (Å²) in [5.41, 5.74) is 0.373. The Morgan fingerprint density at radius 2 is 2.11 bits per heavy atom. The third kappa shape index (κ3) is 1.89. The molecular weight excluding hydrogens is 276 g/mol. The van der Waals surface area contributed by atoms with E-state index in [0.29, 0.717) is 23.3 Å². The number of hydrogen-bond donors (Lipinski definition) is 0. The summed E-state index contributed by atoms with van der Waals surface area (Å²) in [5.74, 6) is 0.988. The summed E-state index contributed by atoms with van der Waals surface area (Å²) >= 11 is 11.6. The van der Waals surface area contributed by atoms with Crippen molar-refractivity contribution < 1.29 is 4.39 Å². The van der Waals surface area contributed by atoms with E-state index in [4.69, 9.17) is 23.2 Å². The minimum Gasteiger partial charge on any atom is -0.307 e. The first-order valence-electron chi connectivity index (χ1n) is 5.66. The molecule has 1 heterocycles. The van der Waals surface area contributed by atoms with Gasteiger partial charge < -0.3 is 4.57 Å². The van der Waals surface area contributed by atoms with E-state index >= 15 is 0 Å². The molecule has 0 atom stereocenters. The van der Waals surface area contributed by atoms with Gasteiger partial charge in [0.2, 0.25) is 0 Å². The van der Waals surface area contributed by atoms with Gasteiger partial charge in [0.25, 0.3) is 0 Å². The van der Waals surface area contributed by atoms with Crippen LogP contribution in [-0.4, -0.2) is 14.8 Å². The van der Waals surface area contributed by atoms with Crippen LogP contribution in [-0.2, 0) is 5.88 Å². The first-order valence-corrected chi connectivity index (χ1v) is 6.57. The molecule has 0 spiro atoms. The highest BCUT2D eigenvalue weighted by molar-refractivity contribution is 6.31. The molecule has 18 heavy (non-hydrogen) atoms. The predicted molar refractivity (Wildman–Crippen MR) is 68.3 cm³/mol. The van der Waals surface area contributed by atoms with Crippen molar-refractivity contribution in [1.29, 1.82) is 0 Å². The van der Waals surface area contributed by atoms with Crippen LogP contribution >= 0.6 is 23.2 Å². The maximum atomic E-state index is 14.0. The predicted octanol–water partition coefficient (Wildman–Crippen LogP) is 3.81. The molecule has 0 N–H and O–H groups in total. The lowest BCUT2D eigenvalue weighted by molar-refractivity contribution is 0.626. The Morgan fingerprint density at radius 1 is 1.33 bits per heavy atom. The molecule has 1 aliphatic carbocycles. The Morgan fingerprint density at radius 3 is 2.78 bits per heavy atom. The minimum absolute atomic E-state index is 0.0882. The van der Waals surface area contributed by atoms with Gasteiger partial charge in [0.05, 0.1) is 16.5 Å². The fourth-order valence-electron chi connectivity index (χ4n) is 1.99. The van der Waals surface area contributed by atoms with Crippen molar-refractivity contribution in [3.63, 3.8) is 0 Å². The van der Waals surface area contributed by atoms with Crippen molar-refractivity contribution in [2.45, 2.75) is 24.8 Å². The van der Waals surface area contributed by atoms with E-state index < -0.39 is 5.82 Å². The fraction of sp³-hybridized carbons (Fsp3) is 0.333. The highest BCUT2D eigenvalue weighted by Crippen LogP contribution is 2.40. The van der Waals surface area contributed by atoms with Crippen LogP contribution in [0.15, 0.2) is 18.2 Å². The Kier molecular flexibility index (Phi) is 2.99. The number of rotatable bonds is 3. The van der Waals surface area contributed by atoms with E-state index in [1.807, 2.05) is 4.57 Å². The quantitative estimate of drug-likeness (QED) is 0.803. The van der Waals surface area contributed by atoms with Gasteiger partial charge in [-0.3, -0.25) is 0 Å². The van der Waals surface area contributed by atoms with Crippen LogP contribution in [0.25, 0.3) is 11.4 Å². The molecule has 1 fully saturated rings. The zero-order valence-corrected chi connectivity index (χ0v) is 10.9. The van der Waals surface area contributed by atoms with Crippen molar-refractivity contribution in [2.24, 2.45) is 0 Å². The summed E-state index contributed by atoms with van der Waals surface area (Å²) in [4.78, 5) is 0. The minimum atomic E-state index is -0.463. The van der Waals surface area contributed by atoms with Gasteiger partial charge in [0.1, 0.15) is 5.82 Å². The number of hydrogen-bond acceptors (Lipinski definition) is 2. The molecule has 3 rings (SSSR count). The van der Waals surface area contributed by atoms with Gasteiger partial charge in [0.15, 0.2) is 11.6 Å². The smallest absolute Gasteiger partial charge is 0.167 e. The fourth-order valence-corrected chi connectivity index (χ4v) is 2.35. The Balaban J connectivity index is 2.17. The standard InChI is InChI=1S/C12H10Cl2FN3/c13-6-10-16-17-12(18(10)7-4-5-7)8-2-1-3-9(14)11(8)15/h1-3,7H,4-6H2. The first-order chi connectivity index (χ1) is 8.72. The van der Waals surface area contributed by atoms with E-state index in [9.17, 15) is 4.39 Å². The van der Waals surface area contributed by atoms with Gasteiger partial charge in [-0.25, -0.2) is 4.39 Å². The van der Waals surface area contributed by atoms with Gasteiger partial charge >= 0.3 is 0 Å². The molecule has 6 heteroatoms. The number of nitrogens with zero attached hydrogens (tertiary/aromatic N) is 3. The molecule has 0 radical (unpaired) electrons. The molecular formula is C12H10Cl2FN3. The summed E-state index contributed by atoms with van der Waals surface area (Å²) < 4.78 is 15.9. The largest absolute Gasteiger partial charge is 0.307 e. The second-order valence-corrected chi connectivity index (χ2v) is 4.95. The van der Waals surface area contributed by atoms with Crippen LogP contribution in [0, 0.1) is 5.82 Å². The van der Waals surface area contributed by atoms with Crippen LogP contribution in [0.3, 0.4) is 0 Å². The third-order valence-electron chi connectivity index (χ3n) is 2.99. The molecule has 2 aromatic rings. The van der Waals surface area contributed by atoms with Gasteiger partial charge in [-0.1, -0.05) is 17.7 Å². The van der Waals surface area contributed by atoms with E-state index in [1.54, 1.807) is 12.1 Å².